The number of Topliss-reactive ketones (excluding diaryl/α,β-unsaturated/α-hetero) is 1. The van der Waals surface area contributed by atoms with Crippen LogP contribution in [0.25, 0.3) is 0 Å². The zero-order valence-corrected chi connectivity index (χ0v) is 12.7. The number of rotatable bonds is 2. The molecule has 1 N–H and O–H groups in total. The molecule has 4 atom stereocenters. The van der Waals surface area contributed by atoms with Gasteiger partial charge in [0, 0.05) is 20.8 Å². The zero-order valence-electron chi connectivity index (χ0n) is 18.7. The summed E-state index contributed by atoms with van der Waals surface area (Å²) < 4.78 is 59.4. The van der Waals surface area contributed by atoms with E-state index in [1.165, 1.54) is 12.1 Å². The molecule has 2 aliphatic heterocycles. The summed E-state index contributed by atoms with van der Waals surface area (Å²) in [5.74, 6) is -0.106. The molecule has 23 heavy (non-hydrogen) atoms. The van der Waals surface area contributed by atoms with E-state index in [1.54, 1.807) is 7.05 Å². The number of ether oxygens (including phenoxy) is 2. The Morgan fingerprint density at radius 3 is 3.30 bits per heavy atom. The van der Waals surface area contributed by atoms with E-state index in [2.05, 4.69) is 0 Å². The van der Waals surface area contributed by atoms with Crippen LogP contribution in [-0.4, -0.2) is 55.6 Å². The van der Waals surface area contributed by atoms with Gasteiger partial charge in [0.15, 0.2) is 23.4 Å². The van der Waals surface area contributed by atoms with Gasteiger partial charge in [-0.15, -0.1) is 0 Å². The summed E-state index contributed by atoms with van der Waals surface area (Å²) in [7, 11) is -0.926. The van der Waals surface area contributed by atoms with E-state index in [-0.39, 0.29) is 30.1 Å². The lowest BCUT2D eigenvalue weighted by atomic mass is 9.49. The number of hydrogen-bond acceptors (Lipinski definition) is 5. The van der Waals surface area contributed by atoms with Gasteiger partial charge >= 0.3 is 0 Å². The number of carbonyl (C=O) groups excluding carboxylic acids is 1. The van der Waals surface area contributed by atoms with Gasteiger partial charge in [-0.25, -0.2) is 0 Å². The Balaban J connectivity index is 1.86. The maximum Gasteiger partial charge on any atom is 0.211 e. The third-order valence-corrected chi connectivity index (χ3v) is 6.18. The van der Waals surface area contributed by atoms with E-state index in [4.69, 9.17) is 22.9 Å². The minimum atomic E-state index is -2.73. The van der Waals surface area contributed by atoms with Gasteiger partial charge in [-0.05, 0) is 44.4 Å². The van der Waals surface area contributed by atoms with Crippen LogP contribution in [0, 0.1) is 0 Å². The van der Waals surface area contributed by atoms with Crippen LogP contribution in [0.5, 0.6) is 11.5 Å². The molecule has 1 aromatic rings. The summed E-state index contributed by atoms with van der Waals surface area (Å²) in [6.45, 7) is 0.492. The number of likely N-dealkylation sites (N-methyl/N-ethyl adjacent to an activating group) is 1. The van der Waals surface area contributed by atoms with E-state index >= 15 is 0 Å². The van der Waals surface area contributed by atoms with Gasteiger partial charge in [0.1, 0.15) is 0 Å². The molecule has 2 heterocycles. The van der Waals surface area contributed by atoms with Crippen LogP contribution < -0.4 is 9.47 Å². The van der Waals surface area contributed by atoms with Crippen molar-refractivity contribution in [3.8, 4) is 11.5 Å². The van der Waals surface area contributed by atoms with E-state index < -0.39 is 36.6 Å². The maximum atomic E-state index is 12.9. The molecule has 1 saturated heterocycles. The number of aliphatic hydroxyl groups is 1. The standard InChI is InChI=1S/C18H21NO4/c1-19-8-7-17-14-10-3-4-12(22-2)15(14)23-16(17)11(20)5-6-18(17,21)13(19)9-10/h3-4,13,16,21H,5-9H2,1-2H3/t13-,16?,17+,18-/m1/s1/i2D3,9D2,21D. The van der Waals surface area contributed by atoms with Crippen molar-refractivity contribution in [2.75, 3.05) is 20.6 Å². The average Bonchev–Trinajstić information content (AvgIpc) is 2.98. The van der Waals surface area contributed by atoms with E-state index in [0.29, 0.717) is 24.1 Å². The fraction of sp³-hybridized carbons (Fsp3) is 0.611. The van der Waals surface area contributed by atoms with Gasteiger partial charge < -0.3 is 19.5 Å². The third kappa shape index (κ3) is 1.32. The minimum absolute atomic E-state index is 0.0487. The van der Waals surface area contributed by atoms with Crippen LogP contribution >= 0.6 is 0 Å². The van der Waals surface area contributed by atoms with Crippen molar-refractivity contribution in [3.63, 3.8) is 0 Å². The normalized spacial score (nSPS) is 47.1. The highest BCUT2D eigenvalue weighted by atomic mass is 16.5. The zero-order chi connectivity index (χ0) is 21.0. The Kier molecular flexibility index (Phi) is 1.60. The van der Waals surface area contributed by atoms with Crippen molar-refractivity contribution in [2.24, 2.45) is 0 Å². The van der Waals surface area contributed by atoms with Crippen molar-refractivity contribution in [1.29, 1.82) is 1.43 Å². The van der Waals surface area contributed by atoms with E-state index in [1.807, 2.05) is 4.90 Å². The van der Waals surface area contributed by atoms with Crippen molar-refractivity contribution >= 4 is 5.78 Å². The number of methoxy groups -OCH3 is 1. The number of hydrogen-bond donors (Lipinski definition) is 1. The molecular weight excluding hydrogens is 294 g/mol. The highest BCUT2D eigenvalue weighted by molar-refractivity contribution is 5.90. The SMILES string of the molecule is [2H]O[C@@]12CCC(=O)C3Oc4c(OC([2H])([2H])[2H])ccc5c4[C@@]31CCN(C)[C@@H]2C5([2H])[2H]. The Bertz CT molecular complexity index is 920. The predicted molar refractivity (Wildman–Crippen MR) is 83.0 cm³/mol. The average molecular weight is 321 g/mol. The van der Waals surface area contributed by atoms with Crippen molar-refractivity contribution < 1.29 is 26.2 Å². The lowest BCUT2D eigenvalue weighted by Crippen LogP contribution is -2.76. The molecule has 1 saturated carbocycles. The topological polar surface area (TPSA) is 59.0 Å². The first-order chi connectivity index (χ1) is 13.5. The number of nitrogens with zero attached hydrogens (tertiary/aromatic N) is 1. The van der Waals surface area contributed by atoms with Crippen LogP contribution in [0.4, 0.5) is 0 Å². The van der Waals surface area contributed by atoms with Crippen LogP contribution in [0.15, 0.2) is 12.1 Å². The van der Waals surface area contributed by atoms with Crippen LogP contribution in [0.3, 0.4) is 0 Å². The summed E-state index contributed by atoms with van der Waals surface area (Å²) >= 11 is 0. The lowest BCUT2D eigenvalue weighted by molar-refractivity contribution is -0.185. The molecule has 5 heteroatoms. The molecule has 1 aromatic carbocycles. The second kappa shape index (κ2) is 4.08. The van der Waals surface area contributed by atoms with E-state index in [0.717, 1.165) is 0 Å². The summed E-state index contributed by atoms with van der Waals surface area (Å²) in [6, 6.07) is 2.13. The highest BCUT2D eigenvalue weighted by Crippen LogP contribution is 2.64. The largest absolute Gasteiger partial charge is 0.493 e. The van der Waals surface area contributed by atoms with Gasteiger partial charge in [0.05, 0.1) is 22.2 Å². The third-order valence-electron chi connectivity index (χ3n) is 6.18. The van der Waals surface area contributed by atoms with Crippen LogP contribution in [0.1, 0.15) is 37.2 Å². The number of ketones is 1. The molecule has 2 aliphatic carbocycles. The molecule has 1 spiro atoms. The Morgan fingerprint density at radius 2 is 2.48 bits per heavy atom. The first kappa shape index (κ1) is 9.04. The number of carbonyl (C=O) groups is 1. The smallest absolute Gasteiger partial charge is 0.211 e. The fourth-order valence-corrected chi connectivity index (χ4v) is 5.17. The van der Waals surface area contributed by atoms with Gasteiger partial charge in [-0.1, -0.05) is 6.07 Å². The molecule has 0 radical (unpaired) electrons. The van der Waals surface area contributed by atoms with Crippen molar-refractivity contribution in [3.05, 3.63) is 23.3 Å². The molecule has 0 aromatic heterocycles. The molecule has 122 valence electrons. The van der Waals surface area contributed by atoms with Gasteiger partial charge in [-0.2, -0.15) is 0 Å². The number of benzene rings is 1. The lowest BCUT2D eigenvalue weighted by Gasteiger charge is -2.62. The predicted octanol–water partition coefficient (Wildman–Crippen LogP) is 1.05. The molecule has 0 amide bonds. The molecule has 4 aliphatic rings. The van der Waals surface area contributed by atoms with Crippen LogP contribution in [0.2, 0.25) is 0 Å². The first-order valence-electron chi connectivity index (χ1n) is 10.8. The Morgan fingerprint density at radius 1 is 1.57 bits per heavy atom. The first-order valence-corrected chi connectivity index (χ1v) is 7.90. The summed E-state index contributed by atoms with van der Waals surface area (Å²) in [5.41, 5.74) is -1.57. The molecule has 2 bridgehead atoms. The summed E-state index contributed by atoms with van der Waals surface area (Å²) in [5, 5.41) is 5.38. The molecule has 5 rings (SSSR count). The summed E-state index contributed by atoms with van der Waals surface area (Å²) in [4.78, 5) is 14.8. The van der Waals surface area contributed by atoms with Crippen molar-refractivity contribution in [1.82, 2.24) is 4.90 Å². The minimum Gasteiger partial charge on any atom is -0.493 e. The van der Waals surface area contributed by atoms with Gasteiger partial charge in [-0.3, -0.25) is 4.79 Å². The van der Waals surface area contributed by atoms with E-state index in [9.17, 15) is 4.79 Å². The Hall–Kier alpha value is -1.59. The molecule has 2 fully saturated rings. The number of piperidine rings is 1. The monoisotopic (exact) mass is 321 g/mol. The highest BCUT2D eigenvalue weighted by Gasteiger charge is 2.72. The number of likely N-dealkylation sites (tertiary alicyclic amines) is 1. The van der Waals surface area contributed by atoms with Crippen LogP contribution in [-0.2, 0) is 16.6 Å². The Labute approximate surface area is 143 Å². The maximum absolute atomic E-state index is 12.9. The molecular formula is C18H21NO4. The van der Waals surface area contributed by atoms with Gasteiger partial charge in [0.2, 0.25) is 1.43 Å². The summed E-state index contributed by atoms with van der Waals surface area (Å²) in [6.07, 6.45) is -2.12. The second-order valence-corrected chi connectivity index (χ2v) is 7.02. The quantitative estimate of drug-likeness (QED) is 0.882. The van der Waals surface area contributed by atoms with Gasteiger partial charge in [0.25, 0.3) is 0 Å². The fourth-order valence-electron chi connectivity index (χ4n) is 5.17. The second-order valence-electron chi connectivity index (χ2n) is 7.02. The van der Waals surface area contributed by atoms with Crippen molar-refractivity contribution in [2.45, 2.75) is 48.8 Å². The molecule has 1 unspecified atom stereocenters. The molecule has 5 nitrogen and oxygen atoms in total.